The summed E-state index contributed by atoms with van der Waals surface area (Å²) in [6.07, 6.45) is 0. The molecule has 0 saturated heterocycles. The van der Waals surface area contributed by atoms with Gasteiger partial charge in [-0.25, -0.2) is 0 Å². The van der Waals surface area contributed by atoms with Crippen LogP contribution in [0.4, 0.5) is 17.2 Å². The highest BCUT2D eigenvalue weighted by atomic mass is 35.5. The first-order valence-electron chi connectivity index (χ1n) is 9.82. The Labute approximate surface area is 195 Å². The van der Waals surface area contributed by atoms with Crippen LogP contribution >= 0.6 is 11.6 Å². The zero-order valence-corrected chi connectivity index (χ0v) is 18.9. The molecule has 2 aromatic carbocycles. The normalized spacial score (nSPS) is 10.3. The lowest BCUT2D eigenvalue weighted by molar-refractivity contribution is -0.114. The molecule has 0 spiro atoms. The van der Waals surface area contributed by atoms with Crippen LogP contribution in [0.3, 0.4) is 0 Å². The van der Waals surface area contributed by atoms with E-state index in [1.54, 1.807) is 66.3 Å². The minimum absolute atomic E-state index is 0.0778. The predicted octanol–water partition coefficient (Wildman–Crippen LogP) is 4.55. The average molecular weight is 464 g/mol. The van der Waals surface area contributed by atoms with Crippen LogP contribution in [0, 0.1) is 0 Å². The van der Waals surface area contributed by atoms with Gasteiger partial charge >= 0.3 is 0 Å². The summed E-state index contributed by atoms with van der Waals surface area (Å²) in [5.74, 6) is -0.498. The van der Waals surface area contributed by atoms with Gasteiger partial charge < -0.3 is 16.0 Å². The molecule has 0 atom stereocenters. The van der Waals surface area contributed by atoms with Crippen molar-refractivity contribution in [3.05, 3.63) is 83.9 Å². The Kier molecular flexibility index (Phi) is 7.10. The number of aromatic nitrogens is 2. The van der Waals surface area contributed by atoms with Crippen molar-refractivity contribution in [1.82, 2.24) is 9.78 Å². The standard InChI is InChI=1S/C24H22ClN5O3/c1-14(15(2)25)23(32)27-19-10-8-17(9-11-19)21-13-22(30(4)29-21)28-24(33)18-6-5-7-20(12-18)26-16(3)31/h5-13H,1-2H2,3-4H3,(H,26,31)(H,27,32)(H,28,33). The van der Waals surface area contributed by atoms with Crippen molar-refractivity contribution in [2.45, 2.75) is 6.92 Å². The van der Waals surface area contributed by atoms with E-state index in [9.17, 15) is 14.4 Å². The van der Waals surface area contributed by atoms with Crippen molar-refractivity contribution < 1.29 is 14.4 Å². The summed E-state index contributed by atoms with van der Waals surface area (Å²) in [6, 6.07) is 15.4. The molecule has 0 aliphatic rings. The number of hydrogen-bond acceptors (Lipinski definition) is 4. The van der Waals surface area contributed by atoms with Gasteiger partial charge in [0, 0.05) is 47.6 Å². The molecule has 168 valence electrons. The number of benzene rings is 2. The summed E-state index contributed by atoms with van der Waals surface area (Å²) in [6.45, 7) is 8.47. The molecule has 0 aliphatic heterocycles. The van der Waals surface area contributed by atoms with E-state index in [1.165, 1.54) is 6.92 Å². The number of carbonyl (C=O) groups is 3. The van der Waals surface area contributed by atoms with Crippen LogP contribution < -0.4 is 16.0 Å². The third-order valence-corrected chi connectivity index (χ3v) is 4.83. The Morgan fingerprint density at radius 1 is 0.939 bits per heavy atom. The van der Waals surface area contributed by atoms with E-state index in [2.05, 4.69) is 34.2 Å². The molecule has 33 heavy (non-hydrogen) atoms. The van der Waals surface area contributed by atoms with E-state index < -0.39 is 5.91 Å². The van der Waals surface area contributed by atoms with Crippen LogP contribution in [-0.4, -0.2) is 27.5 Å². The third-order valence-electron chi connectivity index (χ3n) is 4.61. The van der Waals surface area contributed by atoms with Crippen molar-refractivity contribution in [2.24, 2.45) is 7.05 Å². The lowest BCUT2D eigenvalue weighted by Gasteiger charge is -2.07. The number of hydrogen-bond donors (Lipinski definition) is 3. The Morgan fingerprint density at radius 3 is 2.27 bits per heavy atom. The highest BCUT2D eigenvalue weighted by molar-refractivity contribution is 6.35. The maximum Gasteiger partial charge on any atom is 0.256 e. The van der Waals surface area contributed by atoms with Crippen molar-refractivity contribution in [3.63, 3.8) is 0 Å². The molecule has 1 heterocycles. The van der Waals surface area contributed by atoms with E-state index in [1.807, 2.05) is 0 Å². The second-order valence-corrected chi connectivity index (χ2v) is 7.63. The van der Waals surface area contributed by atoms with Crippen LogP contribution in [-0.2, 0) is 16.6 Å². The second kappa shape index (κ2) is 9.97. The fourth-order valence-electron chi connectivity index (χ4n) is 2.91. The van der Waals surface area contributed by atoms with Gasteiger partial charge in [0.2, 0.25) is 5.91 Å². The Bertz CT molecular complexity index is 1260. The van der Waals surface area contributed by atoms with Gasteiger partial charge in [0.1, 0.15) is 5.82 Å². The summed E-state index contributed by atoms with van der Waals surface area (Å²) >= 11 is 5.70. The predicted molar refractivity (Wildman–Crippen MR) is 130 cm³/mol. The molecule has 3 amide bonds. The smallest absolute Gasteiger partial charge is 0.256 e. The van der Waals surface area contributed by atoms with Crippen molar-refractivity contribution in [2.75, 3.05) is 16.0 Å². The summed E-state index contributed by atoms with van der Waals surface area (Å²) in [5, 5.41) is 12.7. The summed E-state index contributed by atoms with van der Waals surface area (Å²) in [5.41, 5.74) is 3.01. The Morgan fingerprint density at radius 2 is 1.64 bits per heavy atom. The average Bonchev–Trinajstić information content (AvgIpc) is 3.13. The van der Waals surface area contributed by atoms with E-state index in [-0.39, 0.29) is 22.4 Å². The van der Waals surface area contributed by atoms with Gasteiger partial charge in [0.15, 0.2) is 0 Å². The van der Waals surface area contributed by atoms with Crippen molar-refractivity contribution in [3.8, 4) is 11.3 Å². The number of halogens is 1. The quantitative estimate of drug-likeness (QED) is 0.353. The number of nitrogens with one attached hydrogen (secondary N) is 3. The Balaban J connectivity index is 1.72. The summed E-state index contributed by atoms with van der Waals surface area (Å²) in [7, 11) is 1.71. The van der Waals surface area contributed by atoms with Crippen LogP contribution in [0.1, 0.15) is 17.3 Å². The maximum absolute atomic E-state index is 12.7. The van der Waals surface area contributed by atoms with Gasteiger partial charge in [-0.2, -0.15) is 5.10 Å². The number of amides is 3. The van der Waals surface area contributed by atoms with Gasteiger partial charge in [-0.1, -0.05) is 43.0 Å². The molecule has 1 aromatic heterocycles. The molecular formula is C24H22ClN5O3. The number of rotatable bonds is 7. The third kappa shape index (κ3) is 5.96. The van der Waals surface area contributed by atoms with E-state index in [0.717, 1.165) is 5.56 Å². The molecular weight excluding hydrogens is 442 g/mol. The first kappa shape index (κ1) is 23.5. The van der Waals surface area contributed by atoms with Crippen LogP contribution in [0.2, 0.25) is 0 Å². The van der Waals surface area contributed by atoms with E-state index in [4.69, 9.17) is 11.6 Å². The molecule has 0 fully saturated rings. The first-order valence-corrected chi connectivity index (χ1v) is 10.2. The zero-order chi connectivity index (χ0) is 24.1. The molecule has 0 bridgehead atoms. The largest absolute Gasteiger partial charge is 0.326 e. The van der Waals surface area contributed by atoms with Gasteiger partial charge in [-0.3, -0.25) is 19.1 Å². The maximum atomic E-state index is 12.7. The number of anilines is 3. The highest BCUT2D eigenvalue weighted by Crippen LogP contribution is 2.24. The topological polar surface area (TPSA) is 105 Å². The van der Waals surface area contributed by atoms with E-state index in [0.29, 0.717) is 28.5 Å². The molecule has 9 heteroatoms. The fraction of sp³-hybridized carbons (Fsp3) is 0.0833. The Hall–Kier alpha value is -4.17. The van der Waals surface area contributed by atoms with Crippen LogP contribution in [0.25, 0.3) is 11.3 Å². The minimum atomic E-state index is -0.437. The van der Waals surface area contributed by atoms with Crippen molar-refractivity contribution >= 4 is 46.5 Å². The molecule has 3 aromatic rings. The van der Waals surface area contributed by atoms with Gasteiger partial charge in [0.05, 0.1) is 11.3 Å². The van der Waals surface area contributed by atoms with Gasteiger partial charge in [0.25, 0.3) is 11.8 Å². The lowest BCUT2D eigenvalue weighted by Crippen LogP contribution is -2.15. The summed E-state index contributed by atoms with van der Waals surface area (Å²) < 4.78 is 1.55. The highest BCUT2D eigenvalue weighted by Gasteiger charge is 2.13. The fourth-order valence-corrected chi connectivity index (χ4v) is 3.00. The van der Waals surface area contributed by atoms with Crippen LogP contribution in [0.15, 0.2) is 78.4 Å². The minimum Gasteiger partial charge on any atom is -0.326 e. The van der Waals surface area contributed by atoms with Gasteiger partial charge in [-0.15, -0.1) is 0 Å². The zero-order valence-electron chi connectivity index (χ0n) is 18.1. The molecule has 0 unspecified atom stereocenters. The second-order valence-electron chi connectivity index (χ2n) is 7.17. The van der Waals surface area contributed by atoms with E-state index >= 15 is 0 Å². The molecule has 0 aliphatic carbocycles. The first-order chi connectivity index (χ1) is 15.6. The molecule has 0 radical (unpaired) electrons. The molecule has 3 rings (SSSR count). The number of aryl methyl sites for hydroxylation is 1. The summed E-state index contributed by atoms with van der Waals surface area (Å²) in [4.78, 5) is 35.9. The number of carbonyl (C=O) groups excluding carboxylic acids is 3. The molecule has 0 saturated carbocycles. The van der Waals surface area contributed by atoms with Crippen molar-refractivity contribution in [1.29, 1.82) is 0 Å². The van der Waals surface area contributed by atoms with Gasteiger partial charge in [-0.05, 0) is 30.3 Å². The number of nitrogens with zero attached hydrogens (tertiary/aromatic N) is 2. The lowest BCUT2D eigenvalue weighted by atomic mass is 10.1. The SMILES string of the molecule is C=C(Cl)C(=C)C(=O)Nc1ccc(-c2cc(NC(=O)c3cccc(NC(C)=O)c3)n(C)n2)cc1. The molecule has 8 nitrogen and oxygen atoms in total. The molecule has 3 N–H and O–H groups in total. The van der Waals surface area contributed by atoms with Crippen LogP contribution in [0.5, 0.6) is 0 Å². The monoisotopic (exact) mass is 463 g/mol.